The van der Waals surface area contributed by atoms with Crippen molar-refractivity contribution in [1.82, 2.24) is 10.9 Å². The quantitative estimate of drug-likeness (QED) is 0.774. The molecular weight excluding hydrogens is 344 g/mol. The summed E-state index contributed by atoms with van der Waals surface area (Å²) in [5.74, 6) is 0.152. The highest BCUT2D eigenvalue weighted by Crippen LogP contribution is 2.17. The molecule has 2 rings (SSSR count). The molecular formula is C18H19ClN2O4. The van der Waals surface area contributed by atoms with Crippen LogP contribution < -0.4 is 20.3 Å². The second-order valence-corrected chi connectivity index (χ2v) is 5.74. The summed E-state index contributed by atoms with van der Waals surface area (Å²) in [4.78, 5) is 23.7. The van der Waals surface area contributed by atoms with Crippen molar-refractivity contribution in [2.75, 3.05) is 6.61 Å². The smallest absolute Gasteiger partial charge is 0.279 e. The number of amides is 2. The van der Waals surface area contributed by atoms with E-state index in [1.807, 2.05) is 25.1 Å². The lowest BCUT2D eigenvalue weighted by atomic mass is 10.2. The number of nitrogens with one attached hydrogen (secondary N) is 2. The summed E-state index contributed by atoms with van der Waals surface area (Å²) >= 11 is 5.78. The molecule has 1 atom stereocenters. The molecule has 6 nitrogen and oxygen atoms in total. The van der Waals surface area contributed by atoms with Crippen LogP contribution in [0.15, 0.2) is 48.5 Å². The van der Waals surface area contributed by atoms with Crippen molar-refractivity contribution in [3.63, 3.8) is 0 Å². The molecule has 2 aromatic carbocycles. The minimum absolute atomic E-state index is 0.211. The molecule has 0 aromatic heterocycles. The van der Waals surface area contributed by atoms with Gasteiger partial charge in [-0.3, -0.25) is 20.4 Å². The van der Waals surface area contributed by atoms with Gasteiger partial charge in [-0.05, 0) is 49.7 Å². The molecule has 0 aliphatic heterocycles. The van der Waals surface area contributed by atoms with Gasteiger partial charge in [-0.2, -0.15) is 0 Å². The maximum absolute atomic E-state index is 11.9. The van der Waals surface area contributed by atoms with Crippen LogP contribution in [-0.4, -0.2) is 24.5 Å². The van der Waals surface area contributed by atoms with Crippen molar-refractivity contribution in [2.45, 2.75) is 20.0 Å². The SMILES string of the molecule is Cc1ccccc1OCC(=O)NNC(=O)C(C)Oc1ccc(Cl)cc1. The van der Waals surface area contributed by atoms with Crippen molar-refractivity contribution < 1.29 is 19.1 Å². The number of rotatable bonds is 6. The minimum Gasteiger partial charge on any atom is -0.483 e. The molecule has 0 radical (unpaired) electrons. The number of aryl methyl sites for hydroxylation is 1. The molecule has 0 saturated carbocycles. The van der Waals surface area contributed by atoms with Crippen LogP contribution >= 0.6 is 11.6 Å². The van der Waals surface area contributed by atoms with Crippen LogP contribution in [0, 0.1) is 6.92 Å². The standard InChI is InChI=1S/C18H19ClN2O4/c1-12-5-3-4-6-16(12)24-11-17(22)20-21-18(23)13(2)25-15-9-7-14(19)8-10-15/h3-10,13H,11H2,1-2H3,(H,20,22)(H,21,23). The lowest BCUT2D eigenvalue weighted by Gasteiger charge is -2.15. The van der Waals surface area contributed by atoms with Crippen LogP contribution in [0.5, 0.6) is 11.5 Å². The summed E-state index contributed by atoms with van der Waals surface area (Å²) < 4.78 is 10.8. The molecule has 0 fully saturated rings. The summed E-state index contributed by atoms with van der Waals surface area (Å²) in [6, 6.07) is 14.0. The van der Waals surface area contributed by atoms with Crippen molar-refractivity contribution in [2.24, 2.45) is 0 Å². The predicted octanol–water partition coefficient (Wildman–Crippen LogP) is 2.64. The van der Waals surface area contributed by atoms with E-state index in [0.29, 0.717) is 16.5 Å². The molecule has 7 heteroatoms. The first-order chi connectivity index (χ1) is 12.0. The molecule has 0 aliphatic carbocycles. The summed E-state index contributed by atoms with van der Waals surface area (Å²) in [5.41, 5.74) is 5.50. The first-order valence-electron chi connectivity index (χ1n) is 7.65. The number of hydrogen-bond acceptors (Lipinski definition) is 4. The Morgan fingerprint density at radius 3 is 2.44 bits per heavy atom. The second-order valence-electron chi connectivity index (χ2n) is 5.31. The Kier molecular flexibility index (Phi) is 6.65. The summed E-state index contributed by atoms with van der Waals surface area (Å²) in [6.07, 6.45) is -0.793. The highest BCUT2D eigenvalue weighted by Gasteiger charge is 2.15. The Morgan fingerprint density at radius 1 is 1.08 bits per heavy atom. The number of para-hydroxylation sites is 1. The monoisotopic (exact) mass is 362 g/mol. The number of hydrazine groups is 1. The van der Waals surface area contributed by atoms with Crippen molar-refractivity contribution >= 4 is 23.4 Å². The first-order valence-corrected chi connectivity index (χ1v) is 8.03. The van der Waals surface area contributed by atoms with E-state index >= 15 is 0 Å². The van der Waals surface area contributed by atoms with Crippen LogP contribution in [0.25, 0.3) is 0 Å². The van der Waals surface area contributed by atoms with Gasteiger partial charge >= 0.3 is 0 Å². The zero-order valence-corrected chi connectivity index (χ0v) is 14.7. The second kappa shape index (κ2) is 8.94. The normalized spacial score (nSPS) is 11.3. The number of halogens is 1. The van der Waals surface area contributed by atoms with E-state index in [-0.39, 0.29) is 6.61 Å². The Morgan fingerprint density at radius 2 is 1.76 bits per heavy atom. The van der Waals surface area contributed by atoms with Crippen LogP contribution in [0.1, 0.15) is 12.5 Å². The van der Waals surface area contributed by atoms with Gasteiger partial charge in [-0.1, -0.05) is 29.8 Å². The van der Waals surface area contributed by atoms with Crippen LogP contribution in [0.4, 0.5) is 0 Å². The van der Waals surface area contributed by atoms with Gasteiger partial charge in [-0.25, -0.2) is 0 Å². The topological polar surface area (TPSA) is 76.7 Å². The van der Waals surface area contributed by atoms with Gasteiger partial charge in [-0.15, -0.1) is 0 Å². The molecule has 2 N–H and O–H groups in total. The fourth-order valence-electron chi connectivity index (χ4n) is 1.90. The molecule has 1 unspecified atom stereocenters. The van der Waals surface area contributed by atoms with Gasteiger partial charge in [0, 0.05) is 5.02 Å². The van der Waals surface area contributed by atoms with Gasteiger partial charge in [0.2, 0.25) is 0 Å². The number of carbonyl (C=O) groups is 2. The minimum atomic E-state index is -0.793. The van der Waals surface area contributed by atoms with Gasteiger partial charge in [0.25, 0.3) is 11.8 Å². The lowest BCUT2D eigenvalue weighted by Crippen LogP contribution is -2.48. The molecule has 2 amide bonds. The van der Waals surface area contributed by atoms with Crippen LogP contribution in [-0.2, 0) is 9.59 Å². The molecule has 0 aliphatic rings. The van der Waals surface area contributed by atoms with E-state index < -0.39 is 17.9 Å². The van der Waals surface area contributed by atoms with Crippen molar-refractivity contribution in [3.8, 4) is 11.5 Å². The molecule has 0 heterocycles. The Labute approximate surface area is 151 Å². The average Bonchev–Trinajstić information content (AvgIpc) is 2.60. The third-order valence-corrected chi connectivity index (χ3v) is 3.53. The Balaban J connectivity index is 1.74. The van der Waals surface area contributed by atoms with Gasteiger partial charge < -0.3 is 9.47 Å². The number of carbonyl (C=O) groups excluding carboxylic acids is 2. The molecule has 132 valence electrons. The number of ether oxygens (including phenoxy) is 2. The predicted molar refractivity (Wildman–Crippen MR) is 94.5 cm³/mol. The van der Waals surface area contributed by atoms with E-state index in [9.17, 15) is 9.59 Å². The average molecular weight is 363 g/mol. The zero-order valence-electron chi connectivity index (χ0n) is 13.9. The molecule has 0 bridgehead atoms. The Bertz CT molecular complexity index is 734. The molecule has 25 heavy (non-hydrogen) atoms. The highest BCUT2D eigenvalue weighted by atomic mass is 35.5. The highest BCUT2D eigenvalue weighted by molar-refractivity contribution is 6.30. The number of hydrogen-bond donors (Lipinski definition) is 2. The molecule has 0 spiro atoms. The van der Waals surface area contributed by atoms with Crippen LogP contribution in [0.2, 0.25) is 5.02 Å². The van der Waals surface area contributed by atoms with E-state index in [2.05, 4.69) is 10.9 Å². The van der Waals surface area contributed by atoms with Crippen molar-refractivity contribution in [3.05, 3.63) is 59.1 Å². The van der Waals surface area contributed by atoms with Crippen LogP contribution in [0.3, 0.4) is 0 Å². The fourth-order valence-corrected chi connectivity index (χ4v) is 2.03. The van der Waals surface area contributed by atoms with E-state index in [1.54, 1.807) is 37.3 Å². The maximum Gasteiger partial charge on any atom is 0.279 e. The Hall–Kier alpha value is -2.73. The first kappa shape index (κ1) is 18.6. The van der Waals surface area contributed by atoms with Crippen molar-refractivity contribution in [1.29, 1.82) is 0 Å². The maximum atomic E-state index is 11.9. The van der Waals surface area contributed by atoms with Gasteiger partial charge in [0.05, 0.1) is 0 Å². The third-order valence-electron chi connectivity index (χ3n) is 3.27. The third kappa shape index (κ3) is 6.00. The van der Waals surface area contributed by atoms with E-state index in [0.717, 1.165) is 5.56 Å². The zero-order chi connectivity index (χ0) is 18.2. The van der Waals surface area contributed by atoms with Gasteiger partial charge in [0.1, 0.15) is 11.5 Å². The molecule has 2 aromatic rings. The summed E-state index contributed by atoms with van der Waals surface area (Å²) in [7, 11) is 0. The summed E-state index contributed by atoms with van der Waals surface area (Å²) in [5, 5.41) is 0.574. The van der Waals surface area contributed by atoms with E-state index in [1.165, 1.54) is 0 Å². The fraction of sp³-hybridized carbons (Fsp3) is 0.222. The largest absolute Gasteiger partial charge is 0.483 e. The lowest BCUT2D eigenvalue weighted by molar-refractivity contribution is -0.133. The summed E-state index contributed by atoms with van der Waals surface area (Å²) in [6.45, 7) is 3.24. The number of benzene rings is 2. The van der Waals surface area contributed by atoms with E-state index in [4.69, 9.17) is 21.1 Å². The molecule has 0 saturated heterocycles. The van der Waals surface area contributed by atoms with Gasteiger partial charge in [0.15, 0.2) is 12.7 Å².